The highest BCUT2D eigenvalue weighted by atomic mass is 15.1. The van der Waals surface area contributed by atoms with Gasteiger partial charge in [-0.2, -0.15) is 0 Å². The molecule has 0 aliphatic heterocycles. The van der Waals surface area contributed by atoms with Gasteiger partial charge < -0.3 is 9.88 Å². The summed E-state index contributed by atoms with van der Waals surface area (Å²) >= 11 is 0. The second-order valence-corrected chi connectivity index (χ2v) is 4.61. The van der Waals surface area contributed by atoms with E-state index in [0.717, 1.165) is 24.8 Å². The van der Waals surface area contributed by atoms with E-state index in [-0.39, 0.29) is 0 Å². The lowest BCUT2D eigenvalue weighted by Gasteiger charge is -2.04. The Kier molecular flexibility index (Phi) is 2.87. The summed E-state index contributed by atoms with van der Waals surface area (Å²) in [6.07, 6.45) is 6.76. The van der Waals surface area contributed by atoms with E-state index in [1.807, 2.05) is 6.33 Å². The summed E-state index contributed by atoms with van der Waals surface area (Å²) in [4.78, 5) is 4.37. The molecule has 0 amide bonds. The Bertz CT molecular complexity index is 286. The molecule has 1 aliphatic carbocycles. The van der Waals surface area contributed by atoms with E-state index in [1.54, 1.807) is 0 Å². The second kappa shape index (κ2) is 4.13. The molecule has 14 heavy (non-hydrogen) atoms. The number of rotatable bonds is 5. The van der Waals surface area contributed by atoms with Crippen LogP contribution < -0.4 is 5.32 Å². The van der Waals surface area contributed by atoms with Gasteiger partial charge in [-0.25, -0.2) is 4.98 Å². The third-order valence-electron chi connectivity index (χ3n) is 2.41. The topological polar surface area (TPSA) is 29.9 Å². The largest absolute Gasteiger partial charge is 0.337 e. The number of nitrogens with one attached hydrogen (secondary N) is 1. The number of imidazole rings is 1. The number of nitrogens with zero attached hydrogens (tertiary/aromatic N) is 2. The molecule has 1 fully saturated rings. The fourth-order valence-corrected chi connectivity index (χ4v) is 1.56. The van der Waals surface area contributed by atoms with E-state index in [1.165, 1.54) is 12.8 Å². The minimum atomic E-state index is 0.688. The lowest BCUT2D eigenvalue weighted by atomic mass is 10.2. The van der Waals surface area contributed by atoms with Gasteiger partial charge in [0.05, 0.1) is 12.0 Å². The molecule has 0 atom stereocenters. The lowest BCUT2D eigenvalue weighted by Crippen LogP contribution is -2.15. The van der Waals surface area contributed by atoms with Gasteiger partial charge in [0.2, 0.25) is 0 Å². The van der Waals surface area contributed by atoms with Gasteiger partial charge in [-0.05, 0) is 18.8 Å². The summed E-state index contributed by atoms with van der Waals surface area (Å²) in [5.41, 5.74) is 1.16. The smallest absolute Gasteiger partial charge is 0.0950 e. The lowest BCUT2D eigenvalue weighted by molar-refractivity contribution is 0.522. The first kappa shape index (κ1) is 9.71. The average molecular weight is 193 g/mol. The Morgan fingerprint density at radius 1 is 1.57 bits per heavy atom. The van der Waals surface area contributed by atoms with E-state index in [4.69, 9.17) is 0 Å². The fraction of sp³-hybridized carbons (Fsp3) is 0.727. The van der Waals surface area contributed by atoms with Crippen molar-refractivity contribution in [3.63, 3.8) is 0 Å². The van der Waals surface area contributed by atoms with Crippen LogP contribution in [-0.4, -0.2) is 15.6 Å². The van der Waals surface area contributed by atoms with Crippen molar-refractivity contribution in [3.05, 3.63) is 18.2 Å². The van der Waals surface area contributed by atoms with Crippen LogP contribution in [0.1, 0.15) is 32.4 Å². The van der Waals surface area contributed by atoms with Crippen LogP contribution in [0.25, 0.3) is 0 Å². The molecular weight excluding hydrogens is 174 g/mol. The maximum atomic E-state index is 4.37. The van der Waals surface area contributed by atoms with Crippen LogP contribution in [0.3, 0.4) is 0 Å². The minimum Gasteiger partial charge on any atom is -0.337 e. The summed E-state index contributed by atoms with van der Waals surface area (Å²) in [6.45, 7) is 6.44. The molecule has 3 heteroatoms. The first-order chi connectivity index (χ1) is 6.74. The zero-order valence-electron chi connectivity index (χ0n) is 9.03. The molecule has 1 aliphatic rings. The van der Waals surface area contributed by atoms with Crippen molar-refractivity contribution >= 4 is 0 Å². The number of hydrogen-bond donors (Lipinski definition) is 1. The van der Waals surface area contributed by atoms with Crippen molar-refractivity contribution in [2.45, 2.75) is 45.8 Å². The molecule has 1 saturated carbocycles. The first-order valence-electron chi connectivity index (χ1n) is 5.48. The summed E-state index contributed by atoms with van der Waals surface area (Å²) in [6, 6.07) is 0.769. The van der Waals surface area contributed by atoms with Gasteiger partial charge in [0.15, 0.2) is 0 Å². The molecule has 1 aromatic heterocycles. The molecule has 2 rings (SSSR count). The SMILES string of the molecule is CC(C)Cn1cnc(CNC2CC2)c1. The maximum Gasteiger partial charge on any atom is 0.0950 e. The predicted octanol–water partition coefficient (Wildman–Crippen LogP) is 1.79. The van der Waals surface area contributed by atoms with Gasteiger partial charge in [0, 0.05) is 25.3 Å². The highest BCUT2D eigenvalue weighted by molar-refractivity contribution is 4.97. The summed E-state index contributed by atoms with van der Waals surface area (Å²) in [7, 11) is 0. The Labute approximate surface area is 85.5 Å². The third kappa shape index (κ3) is 2.84. The zero-order chi connectivity index (χ0) is 9.97. The third-order valence-corrected chi connectivity index (χ3v) is 2.41. The van der Waals surface area contributed by atoms with Gasteiger partial charge in [0.1, 0.15) is 0 Å². The van der Waals surface area contributed by atoms with Crippen molar-refractivity contribution in [1.82, 2.24) is 14.9 Å². The van der Waals surface area contributed by atoms with Crippen LogP contribution >= 0.6 is 0 Å². The maximum absolute atomic E-state index is 4.37. The Balaban J connectivity index is 1.81. The molecule has 0 aromatic carbocycles. The molecule has 1 N–H and O–H groups in total. The van der Waals surface area contributed by atoms with E-state index in [2.05, 4.69) is 34.9 Å². The van der Waals surface area contributed by atoms with Crippen molar-refractivity contribution in [1.29, 1.82) is 0 Å². The average Bonchev–Trinajstić information content (AvgIpc) is 2.84. The minimum absolute atomic E-state index is 0.688. The Morgan fingerprint density at radius 2 is 2.36 bits per heavy atom. The summed E-state index contributed by atoms with van der Waals surface area (Å²) in [5.74, 6) is 0.688. The molecule has 1 heterocycles. The predicted molar refractivity (Wildman–Crippen MR) is 56.9 cm³/mol. The van der Waals surface area contributed by atoms with E-state index >= 15 is 0 Å². The van der Waals surface area contributed by atoms with Crippen LogP contribution in [0.2, 0.25) is 0 Å². The van der Waals surface area contributed by atoms with Gasteiger partial charge >= 0.3 is 0 Å². The summed E-state index contributed by atoms with van der Waals surface area (Å²) in [5, 5.41) is 3.46. The first-order valence-corrected chi connectivity index (χ1v) is 5.48. The van der Waals surface area contributed by atoms with Gasteiger partial charge in [-0.1, -0.05) is 13.8 Å². The fourth-order valence-electron chi connectivity index (χ4n) is 1.56. The Morgan fingerprint density at radius 3 is 3.00 bits per heavy atom. The van der Waals surface area contributed by atoms with Crippen LogP contribution in [0, 0.1) is 5.92 Å². The monoisotopic (exact) mass is 193 g/mol. The molecule has 0 radical (unpaired) electrons. The molecule has 0 saturated heterocycles. The molecule has 78 valence electrons. The second-order valence-electron chi connectivity index (χ2n) is 4.61. The highest BCUT2D eigenvalue weighted by Crippen LogP contribution is 2.18. The van der Waals surface area contributed by atoms with Crippen LogP contribution in [-0.2, 0) is 13.1 Å². The molecule has 1 aromatic rings. The van der Waals surface area contributed by atoms with Crippen LogP contribution in [0.15, 0.2) is 12.5 Å². The Hall–Kier alpha value is -0.830. The number of hydrogen-bond acceptors (Lipinski definition) is 2. The van der Waals surface area contributed by atoms with Crippen molar-refractivity contribution in [3.8, 4) is 0 Å². The van der Waals surface area contributed by atoms with Crippen LogP contribution in [0.4, 0.5) is 0 Å². The van der Waals surface area contributed by atoms with E-state index in [9.17, 15) is 0 Å². The normalized spacial score (nSPS) is 16.5. The summed E-state index contributed by atoms with van der Waals surface area (Å²) < 4.78 is 2.18. The van der Waals surface area contributed by atoms with E-state index in [0.29, 0.717) is 5.92 Å². The van der Waals surface area contributed by atoms with Gasteiger partial charge in [0.25, 0.3) is 0 Å². The van der Waals surface area contributed by atoms with Crippen molar-refractivity contribution in [2.24, 2.45) is 5.92 Å². The molecule has 0 unspecified atom stereocenters. The highest BCUT2D eigenvalue weighted by Gasteiger charge is 2.20. The molecule has 3 nitrogen and oxygen atoms in total. The van der Waals surface area contributed by atoms with Crippen molar-refractivity contribution < 1.29 is 0 Å². The molecule has 0 bridgehead atoms. The molecular formula is C11H19N3. The van der Waals surface area contributed by atoms with Gasteiger partial charge in [-0.3, -0.25) is 0 Å². The number of aromatic nitrogens is 2. The standard InChI is InChI=1S/C11H19N3/c1-9(2)6-14-7-11(13-8-14)5-12-10-3-4-10/h7-10,12H,3-6H2,1-2H3. The zero-order valence-corrected chi connectivity index (χ0v) is 9.03. The van der Waals surface area contributed by atoms with Crippen LogP contribution in [0.5, 0.6) is 0 Å². The molecule has 0 spiro atoms. The van der Waals surface area contributed by atoms with E-state index < -0.39 is 0 Å². The van der Waals surface area contributed by atoms with Crippen molar-refractivity contribution in [2.75, 3.05) is 0 Å². The quantitative estimate of drug-likeness (QED) is 0.772. The van der Waals surface area contributed by atoms with Gasteiger partial charge in [-0.15, -0.1) is 0 Å².